The van der Waals surface area contributed by atoms with Gasteiger partial charge in [-0.25, -0.2) is 4.98 Å². The van der Waals surface area contributed by atoms with Crippen LogP contribution in [-0.4, -0.2) is 46.6 Å². The summed E-state index contributed by atoms with van der Waals surface area (Å²) in [6.07, 6.45) is 0. The molecule has 0 radical (unpaired) electrons. The van der Waals surface area contributed by atoms with Crippen LogP contribution in [0, 0.1) is 5.92 Å². The Kier molecular flexibility index (Phi) is 7.60. The molecule has 1 unspecified atom stereocenters. The summed E-state index contributed by atoms with van der Waals surface area (Å²) in [6.45, 7) is 9.60. The Morgan fingerprint density at radius 2 is 1.65 bits per heavy atom. The number of rotatable bonds is 8. The van der Waals surface area contributed by atoms with E-state index in [1.807, 2.05) is 53.1 Å². The molecule has 0 saturated carbocycles. The average Bonchev–Trinajstić information content (AvgIpc) is 3.25. The monoisotopic (exact) mass is 558 g/mol. The third-order valence-electron chi connectivity index (χ3n) is 7.21. The molecule has 0 saturated heterocycles. The lowest BCUT2D eigenvalue weighted by Crippen LogP contribution is -2.42. The largest absolute Gasteiger partial charge is 0.497 e. The van der Waals surface area contributed by atoms with Crippen molar-refractivity contribution < 1.29 is 9.47 Å². The first-order valence-electron chi connectivity index (χ1n) is 13.4. The highest BCUT2D eigenvalue weighted by Gasteiger charge is 2.40. The molecule has 5 rings (SSSR count). The number of hydrogen-bond acceptors (Lipinski definition) is 6. The van der Waals surface area contributed by atoms with Crippen molar-refractivity contribution in [3.05, 3.63) is 99.1 Å². The van der Waals surface area contributed by atoms with E-state index in [9.17, 15) is 4.79 Å². The third kappa shape index (κ3) is 5.43. The van der Waals surface area contributed by atoms with Crippen molar-refractivity contribution in [3.8, 4) is 11.5 Å². The zero-order valence-corrected chi connectivity index (χ0v) is 24.6. The van der Waals surface area contributed by atoms with Crippen molar-refractivity contribution in [2.75, 3.05) is 20.8 Å². The molecular weight excluding hydrogens is 524 g/mol. The first-order valence-corrected chi connectivity index (χ1v) is 13.8. The molecule has 1 atom stereocenters. The first kappa shape index (κ1) is 27.7. The van der Waals surface area contributed by atoms with Gasteiger partial charge >= 0.3 is 0 Å². The number of aromatic nitrogens is 2. The van der Waals surface area contributed by atoms with Crippen LogP contribution in [0.2, 0.25) is 5.02 Å². The lowest BCUT2D eigenvalue weighted by molar-refractivity contribution is 0.225. The molecule has 1 aliphatic rings. The minimum absolute atomic E-state index is 0.0915. The summed E-state index contributed by atoms with van der Waals surface area (Å²) < 4.78 is 13.0. The molecule has 0 N–H and O–H groups in total. The second-order valence-electron chi connectivity index (χ2n) is 11.2. The summed E-state index contributed by atoms with van der Waals surface area (Å²) >= 11 is 6.36. The van der Waals surface area contributed by atoms with Crippen molar-refractivity contribution in [3.63, 3.8) is 0 Å². The maximum absolute atomic E-state index is 14.1. The zero-order valence-electron chi connectivity index (χ0n) is 23.8. The van der Waals surface area contributed by atoms with E-state index in [0.717, 1.165) is 17.0 Å². The Morgan fingerprint density at radius 1 is 0.975 bits per heavy atom. The molecule has 8 heteroatoms. The molecule has 0 bridgehead atoms. The van der Waals surface area contributed by atoms with Crippen LogP contribution in [0.25, 0.3) is 10.9 Å². The highest BCUT2D eigenvalue weighted by molar-refractivity contribution is 6.31. The van der Waals surface area contributed by atoms with E-state index in [-0.39, 0.29) is 23.1 Å². The van der Waals surface area contributed by atoms with Crippen LogP contribution in [0.15, 0.2) is 76.5 Å². The second kappa shape index (κ2) is 11.0. The molecule has 0 fully saturated rings. The molecule has 3 aromatic carbocycles. The van der Waals surface area contributed by atoms with E-state index in [0.29, 0.717) is 46.3 Å². The van der Waals surface area contributed by atoms with E-state index in [2.05, 4.69) is 32.6 Å². The van der Waals surface area contributed by atoms with Gasteiger partial charge in [0.2, 0.25) is 0 Å². The van der Waals surface area contributed by atoms with Gasteiger partial charge in [0.05, 0.1) is 43.2 Å². The SMILES string of the molecule is COc1cc(OC)cc(C2=NC(C)(C)CN2C(c2nc3cc(Cl)ccc3c(=O)n2Cc2ccccc2)C(C)C)c1. The normalized spacial score (nSPS) is 15.4. The predicted molar refractivity (Wildman–Crippen MR) is 161 cm³/mol. The summed E-state index contributed by atoms with van der Waals surface area (Å²) in [5, 5.41) is 1.08. The number of halogens is 1. The minimum atomic E-state index is -0.358. The Morgan fingerprint density at radius 3 is 2.27 bits per heavy atom. The first-order chi connectivity index (χ1) is 19.1. The van der Waals surface area contributed by atoms with Gasteiger partial charge in [0.1, 0.15) is 23.2 Å². The van der Waals surface area contributed by atoms with Crippen LogP contribution < -0.4 is 15.0 Å². The molecule has 0 aliphatic carbocycles. The van der Waals surface area contributed by atoms with Crippen LogP contribution >= 0.6 is 11.6 Å². The summed E-state index contributed by atoms with van der Waals surface area (Å²) in [7, 11) is 3.28. The molecule has 0 spiro atoms. The van der Waals surface area contributed by atoms with Gasteiger partial charge in [-0.1, -0.05) is 55.8 Å². The van der Waals surface area contributed by atoms with Gasteiger partial charge in [-0.3, -0.25) is 14.4 Å². The fraction of sp³-hybridized carbons (Fsp3) is 0.344. The molecule has 1 aliphatic heterocycles. The number of methoxy groups -OCH3 is 2. The van der Waals surface area contributed by atoms with Crippen LogP contribution in [0.5, 0.6) is 11.5 Å². The lowest BCUT2D eigenvalue weighted by Gasteiger charge is -2.35. The fourth-order valence-electron chi connectivity index (χ4n) is 5.43. The Hall–Kier alpha value is -3.84. The Bertz CT molecular complexity index is 1610. The van der Waals surface area contributed by atoms with Crippen molar-refractivity contribution in [1.29, 1.82) is 0 Å². The fourth-order valence-corrected chi connectivity index (χ4v) is 5.59. The second-order valence-corrected chi connectivity index (χ2v) is 11.6. The zero-order chi connectivity index (χ0) is 28.6. The highest BCUT2D eigenvalue weighted by Crippen LogP contribution is 2.37. The standard InChI is InChI=1S/C32H35ClN4O3/c1-20(2)28(37-19-32(3,4)35-29(37)22-14-24(39-5)17-25(15-22)40-6)30-34-27-16-23(33)12-13-26(27)31(38)36(30)18-21-10-8-7-9-11-21/h7-17,20,28H,18-19H2,1-6H3. The smallest absolute Gasteiger partial charge is 0.261 e. The van der Waals surface area contributed by atoms with Crippen molar-refractivity contribution in [2.45, 2.75) is 45.8 Å². The van der Waals surface area contributed by atoms with Crippen LogP contribution in [0.1, 0.15) is 50.7 Å². The van der Waals surface area contributed by atoms with Crippen molar-refractivity contribution >= 4 is 28.3 Å². The van der Waals surface area contributed by atoms with E-state index in [1.165, 1.54) is 0 Å². The number of hydrogen-bond donors (Lipinski definition) is 0. The number of aliphatic imine (C=N–C) groups is 1. The summed E-state index contributed by atoms with van der Waals surface area (Å²) in [6, 6.07) is 20.8. The molecule has 7 nitrogen and oxygen atoms in total. The minimum Gasteiger partial charge on any atom is -0.497 e. The summed E-state index contributed by atoms with van der Waals surface area (Å²) in [4.78, 5) is 26.6. The number of ether oxygens (including phenoxy) is 2. The van der Waals surface area contributed by atoms with Crippen molar-refractivity contribution in [1.82, 2.24) is 14.5 Å². The molecule has 208 valence electrons. The van der Waals surface area contributed by atoms with Crippen LogP contribution in [-0.2, 0) is 6.54 Å². The predicted octanol–water partition coefficient (Wildman–Crippen LogP) is 6.35. The maximum Gasteiger partial charge on any atom is 0.261 e. The average molecular weight is 559 g/mol. The summed E-state index contributed by atoms with van der Waals surface area (Å²) in [5.41, 5.74) is 2.04. The van der Waals surface area contributed by atoms with Crippen LogP contribution in [0.3, 0.4) is 0 Å². The molecular formula is C32H35ClN4O3. The topological polar surface area (TPSA) is 69.0 Å². The van der Waals surface area contributed by atoms with E-state index < -0.39 is 0 Å². The molecule has 4 aromatic rings. The van der Waals surface area contributed by atoms with E-state index in [1.54, 1.807) is 32.4 Å². The maximum atomic E-state index is 14.1. The third-order valence-corrected chi connectivity index (χ3v) is 7.44. The summed E-state index contributed by atoms with van der Waals surface area (Å²) in [5.74, 6) is 2.95. The van der Waals surface area contributed by atoms with Gasteiger partial charge in [-0.05, 0) is 55.7 Å². The molecule has 1 aromatic heterocycles. The molecule has 0 amide bonds. The highest BCUT2D eigenvalue weighted by atomic mass is 35.5. The Labute approximate surface area is 240 Å². The number of fused-ring (bicyclic) bond motifs is 1. The van der Waals surface area contributed by atoms with Gasteiger partial charge in [0, 0.05) is 23.2 Å². The van der Waals surface area contributed by atoms with E-state index >= 15 is 0 Å². The quantitative estimate of drug-likeness (QED) is 0.252. The van der Waals surface area contributed by atoms with E-state index in [4.69, 9.17) is 31.1 Å². The van der Waals surface area contributed by atoms with Crippen molar-refractivity contribution in [2.24, 2.45) is 10.9 Å². The van der Waals surface area contributed by atoms with Gasteiger partial charge in [-0.15, -0.1) is 0 Å². The molecule has 40 heavy (non-hydrogen) atoms. The number of nitrogens with zero attached hydrogens (tertiary/aromatic N) is 4. The van der Waals surface area contributed by atoms with Gasteiger partial charge in [0.15, 0.2) is 0 Å². The molecule has 2 heterocycles. The van der Waals surface area contributed by atoms with Gasteiger partial charge in [-0.2, -0.15) is 0 Å². The Balaban J connectivity index is 1.73. The van der Waals surface area contributed by atoms with Crippen LogP contribution in [0.4, 0.5) is 0 Å². The lowest BCUT2D eigenvalue weighted by atomic mass is 9.98. The van der Waals surface area contributed by atoms with Gasteiger partial charge in [0.25, 0.3) is 5.56 Å². The number of benzene rings is 3. The van der Waals surface area contributed by atoms with Gasteiger partial charge < -0.3 is 14.4 Å². The number of amidine groups is 1.